The van der Waals surface area contributed by atoms with Crippen LogP contribution in [0.15, 0.2) is 35.6 Å². The van der Waals surface area contributed by atoms with Gasteiger partial charge < -0.3 is 0 Å². The lowest BCUT2D eigenvalue weighted by atomic mass is 10.1. The van der Waals surface area contributed by atoms with Crippen molar-refractivity contribution in [2.75, 3.05) is 0 Å². The minimum Gasteiger partial charge on any atom is -0.237 e. The Kier molecular flexibility index (Phi) is 5.26. The molecule has 0 saturated heterocycles. The third-order valence-corrected chi connectivity index (χ3v) is 3.60. The number of allylic oxidation sites excluding steroid dienone is 1. The van der Waals surface area contributed by atoms with Gasteiger partial charge in [-0.15, -0.1) is 0 Å². The highest BCUT2D eigenvalue weighted by Gasteiger charge is 2.29. The first-order valence-electron chi connectivity index (χ1n) is 6.74. The average molecular weight is 298 g/mol. The van der Waals surface area contributed by atoms with Crippen molar-refractivity contribution in [3.05, 3.63) is 58.4 Å². The fourth-order valence-corrected chi connectivity index (χ4v) is 2.45. The zero-order valence-corrected chi connectivity index (χ0v) is 13.1. The number of hydrogen-bond donors (Lipinski definition) is 0. The van der Waals surface area contributed by atoms with E-state index >= 15 is 0 Å². The van der Waals surface area contributed by atoms with Crippen molar-refractivity contribution < 1.29 is 4.20 Å². The first-order chi connectivity index (χ1) is 10.2. The Morgan fingerprint density at radius 1 is 1.38 bits per heavy atom. The highest BCUT2D eigenvalue weighted by atomic mass is 31.1. The molecule has 0 radical (unpaired) electrons. The third kappa shape index (κ3) is 3.78. The van der Waals surface area contributed by atoms with Gasteiger partial charge >= 0.3 is 0 Å². The van der Waals surface area contributed by atoms with E-state index < -0.39 is 8.89 Å². The van der Waals surface area contributed by atoms with E-state index in [0.717, 1.165) is 24.1 Å². The Morgan fingerprint density at radius 3 is 2.71 bits per heavy atom. The van der Waals surface area contributed by atoms with Gasteiger partial charge in [-0.25, -0.2) is 14.2 Å². The summed E-state index contributed by atoms with van der Waals surface area (Å²) >= 11 is 0. The van der Waals surface area contributed by atoms with Gasteiger partial charge in [0, 0.05) is 11.5 Å². The van der Waals surface area contributed by atoms with Gasteiger partial charge in [0.2, 0.25) is 0 Å². The molecule has 0 N–H and O–H groups in total. The van der Waals surface area contributed by atoms with Crippen molar-refractivity contribution in [3.63, 3.8) is 0 Å². The molecule has 2 rings (SSSR count). The molecule has 0 amide bonds. The van der Waals surface area contributed by atoms with Crippen molar-refractivity contribution in [2.24, 2.45) is 0 Å². The second-order valence-corrected chi connectivity index (χ2v) is 5.40. The third-order valence-electron chi connectivity index (χ3n) is 3.05. The van der Waals surface area contributed by atoms with Gasteiger partial charge in [-0.3, -0.25) is 0 Å². The van der Waals surface area contributed by atoms with E-state index in [1.54, 1.807) is 0 Å². The molecular weight excluding hydrogens is 282 g/mol. The second kappa shape index (κ2) is 7.16. The monoisotopic (exact) mass is 298 g/mol. The molecule has 0 bridgehead atoms. The van der Waals surface area contributed by atoms with E-state index in [-0.39, 0.29) is 0 Å². The van der Waals surface area contributed by atoms with Crippen molar-refractivity contribution in [1.82, 2.24) is 9.97 Å². The number of halogens is 1. The molecule has 21 heavy (non-hydrogen) atoms. The first kappa shape index (κ1) is 15.4. The minimum absolute atomic E-state index is 0.373. The molecule has 0 spiro atoms. The summed E-state index contributed by atoms with van der Waals surface area (Å²) in [6, 6.07) is 0. The number of nitrogens with zero attached hydrogens (tertiary/aromatic N) is 2. The van der Waals surface area contributed by atoms with E-state index in [1.807, 2.05) is 26.0 Å². The van der Waals surface area contributed by atoms with E-state index in [2.05, 4.69) is 39.5 Å². The van der Waals surface area contributed by atoms with Crippen LogP contribution in [0.5, 0.6) is 0 Å². The normalized spacial score (nSPS) is 13.9. The molecule has 1 heterocycles. The number of aromatic nitrogens is 2. The van der Waals surface area contributed by atoms with Crippen molar-refractivity contribution in [3.8, 4) is 0 Å². The van der Waals surface area contributed by atoms with Crippen LogP contribution >= 0.6 is 8.89 Å². The molecule has 0 aromatic carbocycles. The summed E-state index contributed by atoms with van der Waals surface area (Å²) in [6.07, 6.45) is 6.13. The van der Waals surface area contributed by atoms with Crippen molar-refractivity contribution >= 4 is 20.3 Å². The standard InChI is InChI=1S/C17H16FN2P/c1-4-6-7-9-15(21-18)17-14(8-5-2)16(13-10-11-13)19-12(3)20-17/h5,8,13,21H,1,10-11H2,2-3H3/b8-5+. The highest BCUT2D eigenvalue weighted by Crippen LogP contribution is 2.44. The van der Waals surface area contributed by atoms with Crippen LogP contribution in [0, 0.1) is 6.92 Å². The quantitative estimate of drug-likeness (QED) is 0.586. The first-order valence-corrected chi connectivity index (χ1v) is 7.62. The maximum atomic E-state index is 13.4. The molecule has 1 fully saturated rings. The molecule has 4 heteroatoms. The number of aryl methyl sites for hydroxylation is 1. The maximum absolute atomic E-state index is 13.4. The van der Waals surface area contributed by atoms with E-state index in [0.29, 0.717) is 22.8 Å². The lowest BCUT2D eigenvalue weighted by molar-refractivity contribution is 0.918. The molecule has 0 aliphatic heterocycles. The lowest BCUT2D eigenvalue weighted by Gasteiger charge is -2.11. The Labute approximate surface area is 126 Å². The van der Waals surface area contributed by atoms with Crippen LogP contribution in [-0.2, 0) is 0 Å². The molecule has 1 atom stereocenters. The van der Waals surface area contributed by atoms with Crippen LogP contribution in [-0.4, -0.2) is 9.97 Å². The van der Waals surface area contributed by atoms with Gasteiger partial charge in [0.1, 0.15) is 14.7 Å². The summed E-state index contributed by atoms with van der Waals surface area (Å²) in [5.74, 6) is 1.12. The maximum Gasteiger partial charge on any atom is 0.126 e. The molecule has 1 aliphatic rings. The van der Waals surface area contributed by atoms with Crippen LogP contribution in [0.3, 0.4) is 0 Å². The van der Waals surface area contributed by atoms with Gasteiger partial charge in [0.15, 0.2) is 0 Å². The van der Waals surface area contributed by atoms with E-state index in [9.17, 15) is 4.20 Å². The minimum atomic E-state index is -0.924. The van der Waals surface area contributed by atoms with Gasteiger partial charge in [0.25, 0.3) is 0 Å². The van der Waals surface area contributed by atoms with Gasteiger partial charge in [0.05, 0.1) is 16.7 Å². The predicted octanol–water partition coefficient (Wildman–Crippen LogP) is 4.85. The smallest absolute Gasteiger partial charge is 0.126 e. The molecular formula is C17H16FN2P. The summed E-state index contributed by atoms with van der Waals surface area (Å²) in [6.45, 7) is 7.15. The zero-order valence-electron chi connectivity index (χ0n) is 12.1. The van der Waals surface area contributed by atoms with Gasteiger partial charge in [-0.05, 0) is 50.5 Å². The molecule has 1 aliphatic carbocycles. The SMILES string of the molecule is C=C=C=C=C=C(PF)c1nc(C)nc(C2CC2)c1/C=C/C. The van der Waals surface area contributed by atoms with Gasteiger partial charge in [-0.2, -0.15) is 0 Å². The summed E-state index contributed by atoms with van der Waals surface area (Å²) in [4.78, 5) is 8.96. The molecule has 1 aromatic heterocycles. The second-order valence-electron chi connectivity index (χ2n) is 4.71. The number of rotatable bonds is 4. The summed E-state index contributed by atoms with van der Waals surface area (Å²) in [7, 11) is -0.924. The Hall–Kier alpha value is -1.96. The Balaban J connectivity index is 2.74. The van der Waals surface area contributed by atoms with Crippen LogP contribution in [0.4, 0.5) is 4.20 Å². The molecule has 1 saturated carbocycles. The largest absolute Gasteiger partial charge is 0.237 e. The topological polar surface area (TPSA) is 25.8 Å². The summed E-state index contributed by atoms with van der Waals surface area (Å²) in [5.41, 5.74) is 12.8. The van der Waals surface area contributed by atoms with Gasteiger partial charge in [-0.1, -0.05) is 17.9 Å². The lowest BCUT2D eigenvalue weighted by Crippen LogP contribution is -2.03. The average Bonchev–Trinajstić information content (AvgIpc) is 3.30. The van der Waals surface area contributed by atoms with Crippen LogP contribution in [0.1, 0.15) is 48.5 Å². The Morgan fingerprint density at radius 2 is 2.14 bits per heavy atom. The zero-order chi connectivity index (χ0) is 15.2. The molecule has 2 nitrogen and oxygen atoms in total. The molecule has 1 aromatic rings. The predicted molar refractivity (Wildman–Crippen MR) is 86.0 cm³/mol. The van der Waals surface area contributed by atoms with Crippen LogP contribution < -0.4 is 0 Å². The number of hydrogen-bond acceptors (Lipinski definition) is 2. The van der Waals surface area contributed by atoms with Crippen molar-refractivity contribution in [2.45, 2.75) is 32.6 Å². The molecule has 1 unspecified atom stereocenters. The summed E-state index contributed by atoms with van der Waals surface area (Å²) < 4.78 is 13.4. The fourth-order valence-electron chi connectivity index (χ4n) is 2.06. The fraction of sp³-hybridized carbons (Fsp3) is 0.294. The van der Waals surface area contributed by atoms with E-state index in [1.165, 1.54) is 0 Å². The van der Waals surface area contributed by atoms with E-state index in [4.69, 9.17) is 0 Å². The van der Waals surface area contributed by atoms with Crippen LogP contribution in [0.25, 0.3) is 11.4 Å². The van der Waals surface area contributed by atoms with Crippen LogP contribution in [0.2, 0.25) is 0 Å². The Bertz CT molecular complexity index is 736. The highest BCUT2D eigenvalue weighted by molar-refractivity contribution is 7.44. The summed E-state index contributed by atoms with van der Waals surface area (Å²) in [5, 5.41) is 0.373. The molecule has 106 valence electrons. The van der Waals surface area contributed by atoms with Crippen molar-refractivity contribution in [1.29, 1.82) is 0 Å².